The largest absolute Gasteiger partial charge is 0.457 e. The molecule has 2 aliphatic rings. The summed E-state index contributed by atoms with van der Waals surface area (Å²) in [5.74, 6) is 5.28. The number of nitrogens with one attached hydrogen (secondary N) is 2. The number of hydrogen-bond donors (Lipinski definition) is 5. The number of hydrogen-bond acceptors (Lipinski definition) is 12. The van der Waals surface area contributed by atoms with E-state index in [1.807, 2.05) is 25.1 Å². The first-order chi connectivity index (χ1) is 25.2. The molecule has 0 radical (unpaired) electrons. The topological polar surface area (TPSA) is 193 Å². The average Bonchev–Trinajstić information content (AvgIpc) is 3.38. The zero-order valence-corrected chi connectivity index (χ0v) is 29.8. The van der Waals surface area contributed by atoms with Crippen molar-refractivity contribution in [1.82, 2.24) is 24.8 Å². The number of aliphatic hydroxyl groups is 1. The first-order valence-electron chi connectivity index (χ1n) is 16.8. The molecule has 7 rings (SSSR count). The van der Waals surface area contributed by atoms with Gasteiger partial charge < -0.3 is 41.2 Å². The molecule has 13 nitrogen and oxygen atoms in total. The van der Waals surface area contributed by atoms with Crippen LogP contribution in [0.2, 0.25) is 4.34 Å². The van der Waals surface area contributed by atoms with Gasteiger partial charge in [-0.2, -0.15) is 0 Å². The maximum atomic E-state index is 13.8. The number of carbonyl (C=O) groups excluding carboxylic acids is 2. The maximum Gasteiger partial charge on any atom is 0.327 e. The summed E-state index contributed by atoms with van der Waals surface area (Å²) < 4.78 is 15.0. The van der Waals surface area contributed by atoms with Crippen molar-refractivity contribution in [1.29, 1.82) is 0 Å². The molecule has 0 bridgehead atoms. The molecule has 3 heterocycles. The summed E-state index contributed by atoms with van der Waals surface area (Å²) in [4.78, 5) is 42.5. The molecule has 52 heavy (non-hydrogen) atoms. The van der Waals surface area contributed by atoms with Crippen molar-refractivity contribution in [3.05, 3.63) is 105 Å². The maximum absolute atomic E-state index is 13.8. The predicted molar refractivity (Wildman–Crippen MR) is 196 cm³/mol. The van der Waals surface area contributed by atoms with Crippen molar-refractivity contribution in [2.24, 2.45) is 22.8 Å². The van der Waals surface area contributed by atoms with Gasteiger partial charge in [0.25, 0.3) is 0 Å². The van der Waals surface area contributed by atoms with Gasteiger partial charge in [-0.05, 0) is 48.4 Å². The highest BCUT2D eigenvalue weighted by Crippen LogP contribution is 2.69. The smallest absolute Gasteiger partial charge is 0.327 e. The summed E-state index contributed by atoms with van der Waals surface area (Å²) in [7, 11) is 1.53. The van der Waals surface area contributed by atoms with E-state index in [0.717, 1.165) is 4.88 Å². The molecule has 0 spiro atoms. The zero-order valence-electron chi connectivity index (χ0n) is 28.3. The van der Waals surface area contributed by atoms with E-state index < -0.39 is 53.9 Å². The Morgan fingerprint density at radius 2 is 1.79 bits per heavy atom. The molecular formula is C37H37ClN8O5S. The second-order valence-corrected chi connectivity index (χ2v) is 14.4. The number of nitrogens with two attached hydrogens (primary N) is 2. The van der Waals surface area contributed by atoms with Crippen LogP contribution in [0.3, 0.4) is 0 Å². The zero-order chi connectivity index (χ0) is 36.6. The van der Waals surface area contributed by atoms with E-state index in [1.54, 1.807) is 65.5 Å². The van der Waals surface area contributed by atoms with Crippen LogP contribution in [0.5, 0.6) is 0 Å². The minimum atomic E-state index is -1.56. The van der Waals surface area contributed by atoms with Crippen LogP contribution < -0.4 is 22.1 Å². The number of amides is 1. The van der Waals surface area contributed by atoms with E-state index in [1.165, 1.54) is 18.4 Å². The Bertz CT molecular complexity index is 2150. The van der Waals surface area contributed by atoms with E-state index in [0.29, 0.717) is 45.4 Å². The fourth-order valence-corrected chi connectivity index (χ4v) is 8.02. The first-order valence-corrected chi connectivity index (χ1v) is 18.0. The number of aromatic nitrogens is 4. The summed E-state index contributed by atoms with van der Waals surface area (Å²) in [5, 5.41) is 17.5. The average molecular weight is 741 g/mol. The van der Waals surface area contributed by atoms with E-state index in [9.17, 15) is 14.7 Å². The third-order valence-corrected chi connectivity index (χ3v) is 10.8. The van der Waals surface area contributed by atoms with Crippen LogP contribution in [-0.2, 0) is 19.1 Å². The van der Waals surface area contributed by atoms with Crippen molar-refractivity contribution in [2.75, 3.05) is 18.9 Å². The van der Waals surface area contributed by atoms with Gasteiger partial charge in [-0.1, -0.05) is 72.3 Å². The molecular weight excluding hydrogens is 704 g/mol. The Kier molecular flexibility index (Phi) is 9.99. The van der Waals surface area contributed by atoms with Gasteiger partial charge in [-0.25, -0.2) is 19.7 Å². The van der Waals surface area contributed by atoms with E-state index in [4.69, 9.17) is 37.5 Å². The SMILES string of the molecule is CCNc1nc(C#Cc2ccc(Cl)s2)nc2c1ncn2[C@@H]1C2C[C@@]2(C(=O)NC)[C@@H](OC(=O)[C@@H](N)c2ccccc2)[C@H]1OC(O)[C@@H](N)c1ccccc1. The molecule has 268 valence electrons. The number of anilines is 1. The number of rotatable bonds is 11. The molecule has 1 amide bonds. The second-order valence-electron chi connectivity index (χ2n) is 12.7. The fraction of sp³-hybridized carbons (Fsp3) is 0.324. The highest BCUT2D eigenvalue weighted by Gasteiger charge is 2.78. The molecule has 8 atom stereocenters. The Hall–Kier alpha value is -4.88. The van der Waals surface area contributed by atoms with Crippen molar-refractivity contribution in [3.8, 4) is 11.8 Å². The minimum absolute atomic E-state index is 0.224. The monoisotopic (exact) mass is 740 g/mol. The van der Waals surface area contributed by atoms with Gasteiger partial charge in [-0.3, -0.25) is 4.79 Å². The number of fused-ring (bicyclic) bond motifs is 2. The van der Waals surface area contributed by atoms with Crippen molar-refractivity contribution < 1.29 is 24.2 Å². The number of esters is 1. The number of aliphatic hydroxyl groups excluding tert-OH is 1. The number of carbonyl (C=O) groups is 2. The van der Waals surface area contributed by atoms with Gasteiger partial charge in [-0.15, -0.1) is 11.3 Å². The van der Waals surface area contributed by atoms with Crippen LogP contribution in [0.15, 0.2) is 79.1 Å². The lowest BCUT2D eigenvalue weighted by molar-refractivity contribution is -0.201. The van der Waals surface area contributed by atoms with Crippen LogP contribution in [0.4, 0.5) is 5.82 Å². The number of imidazole rings is 1. The van der Waals surface area contributed by atoms with Crippen molar-refractivity contribution in [2.45, 2.75) is 50.0 Å². The molecule has 2 aliphatic carbocycles. The quantitative estimate of drug-likeness (QED) is 0.0754. The normalized spacial score (nSPS) is 23.5. The lowest BCUT2D eigenvalue weighted by Gasteiger charge is -2.34. The standard InChI is InChI=1S/C37H37ClN8O5S/c1-3-42-32-28-33(45-25(44-32)17-15-22-14-16-24(38)52-22)46(19-43-28)29-23-18-37(23,36(49)41-2)31(51-35(48)27(40)21-12-8-5-9-13-21)30(29)50-34(47)26(39)20-10-6-4-7-11-20/h4-14,16,19,23,26-27,29-31,34,47H,3,18,39-40H2,1-2H3,(H,41,49)(H,42,44,45)/t23?,26-,27-,29+,30-,31-,34?,37-/m0/s1. The number of nitrogens with zero attached hydrogens (tertiary/aromatic N) is 4. The Morgan fingerprint density at radius 3 is 2.44 bits per heavy atom. The summed E-state index contributed by atoms with van der Waals surface area (Å²) in [6, 6.07) is 18.6. The highest BCUT2D eigenvalue weighted by atomic mass is 35.5. The van der Waals surface area contributed by atoms with Gasteiger partial charge in [0.15, 0.2) is 23.3 Å². The molecule has 0 aliphatic heterocycles. The molecule has 7 N–H and O–H groups in total. The van der Waals surface area contributed by atoms with Gasteiger partial charge in [0.05, 0.1) is 33.0 Å². The number of ether oxygens (including phenoxy) is 2. The number of benzene rings is 2. The molecule has 2 unspecified atom stereocenters. The fourth-order valence-electron chi connectivity index (χ4n) is 7.12. The van der Waals surface area contributed by atoms with Crippen LogP contribution >= 0.6 is 22.9 Å². The van der Waals surface area contributed by atoms with Crippen molar-refractivity contribution in [3.63, 3.8) is 0 Å². The van der Waals surface area contributed by atoms with Crippen LogP contribution in [0.25, 0.3) is 11.2 Å². The highest BCUT2D eigenvalue weighted by molar-refractivity contribution is 7.16. The Balaban J connectivity index is 1.33. The molecule has 2 aromatic carbocycles. The van der Waals surface area contributed by atoms with E-state index in [2.05, 4.69) is 32.4 Å². The second kappa shape index (κ2) is 14.6. The van der Waals surface area contributed by atoms with Crippen LogP contribution in [0, 0.1) is 23.2 Å². The van der Waals surface area contributed by atoms with Gasteiger partial charge >= 0.3 is 5.97 Å². The van der Waals surface area contributed by atoms with Crippen LogP contribution in [-0.4, -0.2) is 68.6 Å². The number of thiophene rings is 1. The van der Waals surface area contributed by atoms with Gasteiger partial charge in [0, 0.05) is 19.5 Å². The van der Waals surface area contributed by atoms with E-state index >= 15 is 0 Å². The molecule has 2 saturated carbocycles. The third-order valence-electron chi connectivity index (χ3n) is 9.67. The lowest BCUT2D eigenvalue weighted by atomic mass is 9.97. The summed E-state index contributed by atoms with van der Waals surface area (Å²) in [6.07, 6.45) is -1.87. The Labute approximate surface area is 308 Å². The van der Waals surface area contributed by atoms with Crippen molar-refractivity contribution >= 4 is 51.8 Å². The summed E-state index contributed by atoms with van der Waals surface area (Å²) in [5.41, 5.74) is 13.7. The first kappa shape index (κ1) is 35.5. The molecule has 15 heteroatoms. The number of halogens is 1. The van der Waals surface area contributed by atoms with E-state index in [-0.39, 0.29) is 11.7 Å². The third kappa shape index (κ3) is 6.51. The molecule has 3 aromatic heterocycles. The lowest BCUT2D eigenvalue weighted by Crippen LogP contribution is -2.48. The minimum Gasteiger partial charge on any atom is -0.457 e. The van der Waals surface area contributed by atoms with Gasteiger partial charge in [0.2, 0.25) is 11.7 Å². The Morgan fingerprint density at radius 1 is 1.08 bits per heavy atom. The molecule has 5 aromatic rings. The molecule has 2 fully saturated rings. The summed E-state index contributed by atoms with van der Waals surface area (Å²) >= 11 is 7.45. The van der Waals surface area contributed by atoms with Gasteiger partial charge in [0.1, 0.15) is 18.2 Å². The predicted octanol–water partition coefficient (Wildman–Crippen LogP) is 3.70. The van der Waals surface area contributed by atoms with Crippen LogP contribution in [0.1, 0.15) is 53.3 Å². The summed E-state index contributed by atoms with van der Waals surface area (Å²) in [6.45, 7) is 2.48. The molecule has 0 saturated heterocycles.